The fraction of sp³-hybridized carbons (Fsp3) is 0.409. The topological polar surface area (TPSA) is 87.3 Å². The largest absolute Gasteiger partial charge is 0.492 e. The number of aromatic amines is 1. The van der Waals surface area contributed by atoms with Gasteiger partial charge in [0.25, 0.3) is 0 Å². The van der Waals surface area contributed by atoms with Crippen LogP contribution in [0.4, 0.5) is 0 Å². The summed E-state index contributed by atoms with van der Waals surface area (Å²) in [4.78, 5) is 10.2. The van der Waals surface area contributed by atoms with Crippen molar-refractivity contribution in [1.29, 1.82) is 0 Å². The second-order valence-corrected chi connectivity index (χ2v) is 10.3. The standard InChI is InChI=1S/C22H28N4O3S/c1-22(9-12-26(3)13-10-22)15-29-19-8-11-24-21-20(19)18(14-25-21)16-4-6-17(7-5-16)30(27,28)23-2/h4-8,11,14,23H,9-10,12-13,15H2,1-3H3,(H,24,25). The number of aromatic nitrogens is 2. The average molecular weight is 429 g/mol. The van der Waals surface area contributed by atoms with E-state index in [1.54, 1.807) is 18.3 Å². The summed E-state index contributed by atoms with van der Waals surface area (Å²) in [5.74, 6) is 0.795. The first-order valence-electron chi connectivity index (χ1n) is 10.1. The van der Waals surface area contributed by atoms with Crippen molar-refractivity contribution in [3.05, 3.63) is 42.7 Å². The lowest BCUT2D eigenvalue weighted by atomic mass is 9.81. The highest BCUT2D eigenvalue weighted by Gasteiger charge is 2.30. The summed E-state index contributed by atoms with van der Waals surface area (Å²) in [7, 11) is 0.1000. The molecular formula is C22H28N4O3S. The van der Waals surface area contributed by atoms with E-state index in [9.17, 15) is 8.42 Å². The molecule has 160 valence electrons. The molecule has 1 saturated heterocycles. The van der Waals surface area contributed by atoms with Gasteiger partial charge in [-0.15, -0.1) is 0 Å². The lowest BCUT2D eigenvalue weighted by Gasteiger charge is -2.37. The highest BCUT2D eigenvalue weighted by Crippen LogP contribution is 2.37. The zero-order chi connectivity index (χ0) is 21.4. The van der Waals surface area contributed by atoms with Gasteiger partial charge in [-0.2, -0.15) is 0 Å². The van der Waals surface area contributed by atoms with Crippen molar-refractivity contribution in [1.82, 2.24) is 19.6 Å². The van der Waals surface area contributed by atoms with Gasteiger partial charge < -0.3 is 14.6 Å². The van der Waals surface area contributed by atoms with Crippen molar-refractivity contribution in [3.63, 3.8) is 0 Å². The van der Waals surface area contributed by atoms with Crippen molar-refractivity contribution in [2.24, 2.45) is 5.41 Å². The molecule has 2 N–H and O–H groups in total. The zero-order valence-electron chi connectivity index (χ0n) is 17.6. The molecule has 0 saturated carbocycles. The minimum absolute atomic E-state index is 0.154. The minimum atomic E-state index is -3.46. The van der Waals surface area contributed by atoms with Crippen molar-refractivity contribution in [3.8, 4) is 16.9 Å². The van der Waals surface area contributed by atoms with E-state index < -0.39 is 10.0 Å². The van der Waals surface area contributed by atoms with Crippen LogP contribution in [0, 0.1) is 5.41 Å². The number of likely N-dealkylation sites (tertiary alicyclic amines) is 1. The molecule has 0 bridgehead atoms. The van der Waals surface area contributed by atoms with Crippen LogP contribution >= 0.6 is 0 Å². The molecule has 1 fully saturated rings. The van der Waals surface area contributed by atoms with Crippen molar-refractivity contribution < 1.29 is 13.2 Å². The maximum Gasteiger partial charge on any atom is 0.240 e. The number of sulfonamides is 1. The van der Waals surface area contributed by atoms with Gasteiger partial charge in [-0.1, -0.05) is 19.1 Å². The summed E-state index contributed by atoms with van der Waals surface area (Å²) < 4.78 is 32.7. The molecule has 2 aromatic heterocycles. The Morgan fingerprint density at radius 2 is 1.90 bits per heavy atom. The zero-order valence-corrected chi connectivity index (χ0v) is 18.4. The van der Waals surface area contributed by atoms with Crippen LogP contribution in [0.15, 0.2) is 47.6 Å². The second-order valence-electron chi connectivity index (χ2n) is 8.37. The van der Waals surface area contributed by atoms with Crippen molar-refractivity contribution in [2.75, 3.05) is 33.8 Å². The Hall–Kier alpha value is -2.42. The van der Waals surface area contributed by atoms with Crippen LogP contribution in [0.25, 0.3) is 22.2 Å². The average Bonchev–Trinajstić information content (AvgIpc) is 3.20. The highest BCUT2D eigenvalue weighted by atomic mass is 32.2. The summed E-state index contributed by atoms with van der Waals surface area (Å²) in [6.07, 6.45) is 5.86. The van der Waals surface area contributed by atoms with Gasteiger partial charge in [-0.3, -0.25) is 0 Å². The van der Waals surface area contributed by atoms with Gasteiger partial charge in [0.15, 0.2) is 0 Å². The number of benzene rings is 1. The van der Waals surface area contributed by atoms with E-state index >= 15 is 0 Å². The second kappa shape index (κ2) is 8.02. The fourth-order valence-corrected chi connectivity index (χ4v) is 4.59. The summed E-state index contributed by atoms with van der Waals surface area (Å²) in [6, 6.07) is 8.73. The van der Waals surface area contributed by atoms with Crippen LogP contribution in [0.1, 0.15) is 19.8 Å². The molecule has 8 heteroatoms. The number of pyridine rings is 1. The maximum atomic E-state index is 12.0. The van der Waals surface area contributed by atoms with Crippen LogP contribution in [0.3, 0.4) is 0 Å². The molecule has 30 heavy (non-hydrogen) atoms. The van der Waals surface area contributed by atoms with E-state index in [2.05, 4.69) is 33.6 Å². The molecule has 0 spiro atoms. The van der Waals surface area contributed by atoms with E-state index in [-0.39, 0.29) is 10.3 Å². The molecule has 3 heterocycles. The Morgan fingerprint density at radius 1 is 1.20 bits per heavy atom. The number of hydrogen-bond donors (Lipinski definition) is 2. The van der Waals surface area contributed by atoms with Crippen molar-refractivity contribution in [2.45, 2.75) is 24.7 Å². The molecule has 0 amide bonds. The monoisotopic (exact) mass is 428 g/mol. The highest BCUT2D eigenvalue weighted by molar-refractivity contribution is 7.89. The van der Waals surface area contributed by atoms with Gasteiger partial charge in [0.05, 0.1) is 16.9 Å². The summed E-state index contributed by atoms with van der Waals surface area (Å²) in [5, 5.41) is 0.915. The number of ether oxygens (including phenoxy) is 1. The van der Waals surface area contributed by atoms with Crippen LogP contribution in [0.5, 0.6) is 5.75 Å². The Balaban J connectivity index is 1.63. The SMILES string of the molecule is CNS(=O)(=O)c1ccc(-c2c[nH]c3nccc(OCC4(C)CCN(C)CC4)c23)cc1. The number of rotatable bonds is 6. The molecule has 0 atom stereocenters. The summed E-state index contributed by atoms with van der Waals surface area (Å²) >= 11 is 0. The lowest BCUT2D eigenvalue weighted by Crippen LogP contribution is -2.39. The third-order valence-corrected chi connectivity index (χ3v) is 7.48. The van der Waals surface area contributed by atoms with Gasteiger partial charge in [-0.05, 0) is 63.8 Å². The van der Waals surface area contributed by atoms with Crippen LogP contribution in [0.2, 0.25) is 0 Å². The Kier molecular flexibility index (Phi) is 5.57. The smallest absolute Gasteiger partial charge is 0.240 e. The third-order valence-electron chi connectivity index (χ3n) is 6.05. The first-order valence-corrected chi connectivity index (χ1v) is 11.6. The molecule has 1 aliphatic heterocycles. The number of H-pyrrole nitrogens is 1. The number of fused-ring (bicyclic) bond motifs is 1. The van der Waals surface area contributed by atoms with Gasteiger partial charge in [0.2, 0.25) is 10.0 Å². The summed E-state index contributed by atoms with van der Waals surface area (Å²) in [5.41, 5.74) is 2.75. The van der Waals surface area contributed by atoms with E-state index in [0.717, 1.165) is 53.8 Å². The third kappa shape index (κ3) is 4.08. The van der Waals surface area contributed by atoms with Crippen molar-refractivity contribution >= 4 is 21.1 Å². The van der Waals surface area contributed by atoms with Crippen LogP contribution in [-0.4, -0.2) is 57.1 Å². The predicted molar refractivity (Wildman–Crippen MR) is 118 cm³/mol. The minimum Gasteiger partial charge on any atom is -0.492 e. The van der Waals surface area contributed by atoms with Crippen LogP contribution in [-0.2, 0) is 10.0 Å². The number of nitrogens with zero attached hydrogens (tertiary/aromatic N) is 2. The Bertz CT molecular complexity index is 1130. The predicted octanol–water partition coefficient (Wildman–Crippen LogP) is 3.25. The molecule has 0 aliphatic carbocycles. The van der Waals surface area contributed by atoms with E-state index in [1.165, 1.54) is 7.05 Å². The van der Waals surface area contributed by atoms with E-state index in [0.29, 0.717) is 6.61 Å². The molecule has 4 rings (SSSR count). The van der Waals surface area contributed by atoms with Gasteiger partial charge in [0.1, 0.15) is 11.4 Å². The first kappa shape index (κ1) is 20.8. The molecular weight excluding hydrogens is 400 g/mol. The first-order chi connectivity index (χ1) is 14.3. The number of piperidine rings is 1. The number of hydrogen-bond acceptors (Lipinski definition) is 5. The molecule has 0 unspecified atom stereocenters. The molecule has 7 nitrogen and oxygen atoms in total. The van der Waals surface area contributed by atoms with Gasteiger partial charge in [-0.25, -0.2) is 18.1 Å². The van der Waals surface area contributed by atoms with Crippen LogP contribution < -0.4 is 9.46 Å². The van der Waals surface area contributed by atoms with Gasteiger partial charge >= 0.3 is 0 Å². The van der Waals surface area contributed by atoms with E-state index in [4.69, 9.17) is 4.74 Å². The molecule has 1 aliphatic rings. The maximum absolute atomic E-state index is 12.0. The Labute approximate surface area is 177 Å². The van der Waals surface area contributed by atoms with Gasteiger partial charge in [0, 0.05) is 23.4 Å². The fourth-order valence-electron chi connectivity index (χ4n) is 3.86. The molecule has 0 radical (unpaired) electrons. The molecule has 1 aromatic carbocycles. The lowest BCUT2D eigenvalue weighted by molar-refractivity contribution is 0.0811. The number of nitrogens with one attached hydrogen (secondary N) is 2. The van der Waals surface area contributed by atoms with E-state index in [1.807, 2.05) is 24.4 Å². The quantitative estimate of drug-likeness (QED) is 0.629. The molecule has 3 aromatic rings. The normalized spacial score (nSPS) is 17.3. The summed E-state index contributed by atoms with van der Waals surface area (Å²) in [6.45, 7) is 5.12. The Morgan fingerprint density at radius 3 is 2.57 bits per heavy atom.